The number of ether oxygens (including phenoxy) is 1. The van der Waals surface area contributed by atoms with Crippen molar-refractivity contribution in [3.8, 4) is 17.6 Å². The number of aryl methyl sites for hydroxylation is 1. The Kier molecular flexibility index (Phi) is 9.71. The largest absolute Gasteiger partial charge is 0.436 e. The van der Waals surface area contributed by atoms with Crippen molar-refractivity contribution >= 4 is 8.53 Å². The first-order valence-electron chi connectivity index (χ1n) is 11.3. The van der Waals surface area contributed by atoms with E-state index in [0.29, 0.717) is 19.4 Å². The molecule has 1 heterocycles. The summed E-state index contributed by atoms with van der Waals surface area (Å²) < 4.78 is 20.1. The third kappa shape index (κ3) is 8.13. The maximum Gasteiger partial charge on any atom is 0.328 e. The van der Waals surface area contributed by atoms with Crippen molar-refractivity contribution in [1.82, 2.24) is 14.6 Å². The highest BCUT2D eigenvalue weighted by molar-refractivity contribution is 7.45. The topological polar surface area (TPSA) is 94.6 Å². The van der Waals surface area contributed by atoms with Crippen LogP contribution in [0.5, 0.6) is 5.75 Å². The normalized spacial score (nSPS) is 19.7. The molecule has 5 atom stereocenters. The average molecular weight is 474 g/mol. The smallest absolute Gasteiger partial charge is 0.328 e. The van der Waals surface area contributed by atoms with Gasteiger partial charge in [-0.05, 0) is 38.8 Å². The fraction of sp³-hybridized carbons (Fsp3) is 0.500. The number of nitrogens with zero attached hydrogens (tertiary/aromatic N) is 1. The number of rotatable bonds is 13. The van der Waals surface area contributed by atoms with Crippen LogP contribution in [0.2, 0.25) is 0 Å². The third-order valence-electron chi connectivity index (χ3n) is 5.27. The van der Waals surface area contributed by atoms with E-state index in [-0.39, 0.29) is 24.2 Å². The zero-order valence-corrected chi connectivity index (χ0v) is 20.2. The van der Waals surface area contributed by atoms with E-state index < -0.39 is 19.8 Å². The molecule has 1 saturated carbocycles. The van der Waals surface area contributed by atoms with Crippen LogP contribution in [0.25, 0.3) is 0 Å². The molecule has 9 heteroatoms. The molecule has 2 aromatic rings. The third-order valence-corrected chi connectivity index (χ3v) is 6.68. The number of para-hydroxylation sites is 1. The predicted octanol–water partition coefficient (Wildman–Crippen LogP) is 3.43. The number of hydrogen-bond acceptors (Lipinski definition) is 6. The van der Waals surface area contributed by atoms with E-state index in [0.717, 1.165) is 18.7 Å². The molecule has 8 nitrogen and oxygen atoms in total. The Morgan fingerprint density at radius 3 is 2.76 bits per heavy atom. The Morgan fingerprint density at radius 1 is 1.27 bits per heavy atom. The van der Waals surface area contributed by atoms with Crippen molar-refractivity contribution in [2.24, 2.45) is 5.92 Å². The van der Waals surface area contributed by atoms with E-state index in [1.807, 2.05) is 51.1 Å². The van der Waals surface area contributed by atoms with Crippen LogP contribution in [0, 0.1) is 17.8 Å². The van der Waals surface area contributed by atoms with E-state index >= 15 is 0 Å². The fourth-order valence-electron chi connectivity index (χ4n) is 3.43. The lowest BCUT2D eigenvalue weighted by atomic mass is 10.1. The standard InChI is InChI=1S/C24H32N3O5P/c1-4-6-12-21(30-18(3)13-15-27-16-14-23(28)26-24(27)29)20-17-22(20)32-33(25-5-2)31-19-10-8-7-9-11-19/h7-11,14,16,18,20-22,25H,5,12-13,15,17H2,1-3H3,(H,26,28,29)/t18-,20+,21?,22?,33?/m1/s1. The number of aromatic amines is 1. The fourth-order valence-corrected chi connectivity index (χ4v) is 4.67. The molecule has 0 aliphatic heterocycles. The zero-order chi connectivity index (χ0) is 23.6. The maximum absolute atomic E-state index is 11.9. The van der Waals surface area contributed by atoms with Crippen LogP contribution in [-0.2, 0) is 15.8 Å². The van der Waals surface area contributed by atoms with E-state index in [2.05, 4.69) is 21.9 Å². The number of hydrogen-bond donors (Lipinski definition) is 2. The second kappa shape index (κ2) is 12.7. The zero-order valence-electron chi connectivity index (χ0n) is 19.3. The summed E-state index contributed by atoms with van der Waals surface area (Å²) in [6, 6.07) is 11.0. The number of benzene rings is 1. The van der Waals surface area contributed by atoms with Gasteiger partial charge in [0, 0.05) is 37.7 Å². The Bertz CT molecular complexity index is 1050. The van der Waals surface area contributed by atoms with Crippen LogP contribution in [0.15, 0.2) is 52.2 Å². The molecule has 0 bridgehead atoms. The summed E-state index contributed by atoms with van der Waals surface area (Å²) in [5.74, 6) is 7.10. The van der Waals surface area contributed by atoms with Crippen molar-refractivity contribution in [1.29, 1.82) is 0 Å². The molecule has 0 saturated heterocycles. The first-order chi connectivity index (χ1) is 16.0. The van der Waals surface area contributed by atoms with Crippen molar-refractivity contribution in [3.63, 3.8) is 0 Å². The van der Waals surface area contributed by atoms with Crippen LogP contribution < -0.4 is 20.9 Å². The summed E-state index contributed by atoms with van der Waals surface area (Å²) >= 11 is 0. The van der Waals surface area contributed by atoms with E-state index in [4.69, 9.17) is 13.8 Å². The lowest BCUT2D eigenvalue weighted by Gasteiger charge is -2.23. The second-order valence-corrected chi connectivity index (χ2v) is 9.15. The molecule has 1 aliphatic carbocycles. The average Bonchev–Trinajstić information content (AvgIpc) is 3.55. The lowest BCUT2D eigenvalue weighted by Crippen LogP contribution is -2.30. The number of H-pyrrole nitrogens is 1. The Labute approximate surface area is 195 Å². The molecule has 3 rings (SSSR count). The predicted molar refractivity (Wildman–Crippen MR) is 129 cm³/mol. The lowest BCUT2D eigenvalue weighted by molar-refractivity contribution is -0.0225. The van der Waals surface area contributed by atoms with Gasteiger partial charge < -0.3 is 18.4 Å². The van der Waals surface area contributed by atoms with Gasteiger partial charge in [-0.25, -0.2) is 9.88 Å². The SMILES string of the molecule is CC#CCC(O[C@H](C)CCn1ccc(=O)[nH]c1=O)[C@@H]1CC1OP(NCC)Oc1ccccc1. The van der Waals surface area contributed by atoms with Crippen LogP contribution in [-0.4, -0.2) is 34.4 Å². The molecular weight excluding hydrogens is 441 g/mol. The van der Waals surface area contributed by atoms with Gasteiger partial charge in [-0.3, -0.25) is 9.78 Å². The molecule has 1 aliphatic rings. The van der Waals surface area contributed by atoms with Crippen molar-refractivity contribution in [2.75, 3.05) is 6.54 Å². The van der Waals surface area contributed by atoms with Gasteiger partial charge in [0.15, 0.2) is 0 Å². The van der Waals surface area contributed by atoms with Crippen LogP contribution in [0.1, 0.15) is 40.0 Å². The van der Waals surface area contributed by atoms with Gasteiger partial charge in [-0.2, -0.15) is 0 Å². The molecule has 0 radical (unpaired) electrons. The van der Waals surface area contributed by atoms with Gasteiger partial charge in [0.1, 0.15) is 5.75 Å². The van der Waals surface area contributed by atoms with Crippen LogP contribution >= 0.6 is 8.53 Å². The molecule has 0 spiro atoms. The summed E-state index contributed by atoms with van der Waals surface area (Å²) in [4.78, 5) is 25.4. The summed E-state index contributed by atoms with van der Waals surface area (Å²) in [7, 11) is -1.25. The first kappa shape index (κ1) is 25.2. The quantitative estimate of drug-likeness (QED) is 0.342. The number of aromatic nitrogens is 2. The van der Waals surface area contributed by atoms with E-state index in [9.17, 15) is 9.59 Å². The molecule has 2 N–H and O–H groups in total. The first-order valence-corrected chi connectivity index (χ1v) is 12.5. The van der Waals surface area contributed by atoms with Gasteiger partial charge in [-0.1, -0.05) is 25.1 Å². The number of nitrogens with one attached hydrogen (secondary N) is 2. The summed E-state index contributed by atoms with van der Waals surface area (Å²) in [5.41, 5.74) is -0.804. The highest BCUT2D eigenvalue weighted by atomic mass is 31.2. The minimum atomic E-state index is -1.25. The van der Waals surface area contributed by atoms with Crippen LogP contribution in [0.3, 0.4) is 0 Å². The molecule has 0 amide bonds. The van der Waals surface area contributed by atoms with E-state index in [1.54, 1.807) is 0 Å². The Morgan fingerprint density at radius 2 is 2.06 bits per heavy atom. The highest BCUT2D eigenvalue weighted by Crippen LogP contribution is 2.48. The molecular formula is C24H32N3O5P. The monoisotopic (exact) mass is 473 g/mol. The Balaban J connectivity index is 1.54. The minimum Gasteiger partial charge on any atom is -0.436 e. The van der Waals surface area contributed by atoms with Crippen molar-refractivity contribution in [3.05, 3.63) is 63.4 Å². The highest BCUT2D eigenvalue weighted by Gasteiger charge is 2.47. The molecule has 3 unspecified atom stereocenters. The van der Waals surface area contributed by atoms with Gasteiger partial charge in [0.05, 0.1) is 18.3 Å². The molecule has 1 aromatic heterocycles. The maximum atomic E-state index is 11.9. The molecule has 178 valence electrons. The van der Waals surface area contributed by atoms with Gasteiger partial charge in [0.2, 0.25) is 0 Å². The van der Waals surface area contributed by atoms with Crippen molar-refractivity contribution < 1.29 is 13.8 Å². The van der Waals surface area contributed by atoms with Crippen LogP contribution in [0.4, 0.5) is 0 Å². The molecule has 1 fully saturated rings. The van der Waals surface area contributed by atoms with Gasteiger partial charge in [0.25, 0.3) is 5.56 Å². The second-order valence-electron chi connectivity index (χ2n) is 7.92. The van der Waals surface area contributed by atoms with E-state index in [1.165, 1.54) is 16.8 Å². The minimum absolute atomic E-state index is 0.0524. The summed E-state index contributed by atoms with van der Waals surface area (Å²) in [6.07, 6.45) is 3.59. The van der Waals surface area contributed by atoms with Gasteiger partial charge >= 0.3 is 14.2 Å². The summed E-state index contributed by atoms with van der Waals surface area (Å²) in [5, 5.41) is 3.29. The summed E-state index contributed by atoms with van der Waals surface area (Å²) in [6.45, 7) is 7.05. The van der Waals surface area contributed by atoms with Gasteiger partial charge in [-0.15, -0.1) is 11.8 Å². The molecule has 1 aromatic carbocycles. The molecule has 33 heavy (non-hydrogen) atoms. The Hall–Kier alpha value is -2.43. The van der Waals surface area contributed by atoms with Crippen molar-refractivity contribution in [2.45, 2.75) is 64.9 Å².